The molecule has 2 heterocycles. The number of hydrogen-bond acceptors (Lipinski definition) is 4. The minimum Gasteiger partial charge on any atom is -0.293 e. The highest BCUT2D eigenvalue weighted by Gasteiger charge is 2.14. The molecule has 0 saturated heterocycles. The summed E-state index contributed by atoms with van der Waals surface area (Å²) in [5.41, 5.74) is 3.97. The fraction of sp³-hybridized carbons (Fsp3) is 0.0667. The third-order valence-electron chi connectivity index (χ3n) is 3.15. The molecule has 0 unspecified atom stereocenters. The molecule has 1 amide bonds. The molecule has 3 N–H and O–H groups in total. The zero-order valence-electron chi connectivity index (χ0n) is 11.5. The molecular formula is C15H13ClN4OS. The van der Waals surface area contributed by atoms with E-state index in [1.807, 2.05) is 30.5 Å². The van der Waals surface area contributed by atoms with E-state index >= 15 is 0 Å². The molecule has 0 aliphatic rings. The van der Waals surface area contributed by atoms with Crippen LogP contribution < -0.4 is 11.3 Å². The molecule has 0 atom stereocenters. The highest BCUT2D eigenvalue weighted by atomic mass is 35.5. The Morgan fingerprint density at radius 1 is 1.36 bits per heavy atom. The molecule has 22 heavy (non-hydrogen) atoms. The van der Waals surface area contributed by atoms with Crippen LogP contribution in [0.1, 0.15) is 16.2 Å². The molecule has 0 spiro atoms. The molecule has 0 aliphatic heterocycles. The van der Waals surface area contributed by atoms with Gasteiger partial charge in [-0.25, -0.2) is 10.8 Å². The van der Waals surface area contributed by atoms with E-state index < -0.39 is 5.91 Å². The van der Waals surface area contributed by atoms with Crippen LogP contribution in [0.3, 0.4) is 0 Å². The quantitative estimate of drug-likeness (QED) is 0.333. The summed E-state index contributed by atoms with van der Waals surface area (Å²) in [5, 5.41) is 0.543. The number of carbonyl (C=O) groups is 1. The number of rotatable bonds is 4. The van der Waals surface area contributed by atoms with E-state index in [1.54, 1.807) is 22.4 Å². The van der Waals surface area contributed by atoms with E-state index in [1.165, 1.54) is 5.56 Å². The first kappa shape index (κ1) is 14.9. The van der Waals surface area contributed by atoms with Gasteiger partial charge in [0.2, 0.25) is 5.82 Å². The number of fused-ring (bicyclic) bond motifs is 1. The standard InChI is InChI=1S/C15H13ClN4OS/c16-12-6-11(22-9-10-4-2-1-3-5-10)8-20-13(12)7-18-14(20)15(21)19-17/h1-8H,9,17H2,(H,19,21). The Morgan fingerprint density at radius 2 is 2.14 bits per heavy atom. The maximum absolute atomic E-state index is 11.7. The van der Waals surface area contributed by atoms with Crippen molar-refractivity contribution in [3.8, 4) is 0 Å². The number of pyridine rings is 1. The summed E-state index contributed by atoms with van der Waals surface area (Å²) in [7, 11) is 0. The van der Waals surface area contributed by atoms with Gasteiger partial charge >= 0.3 is 5.91 Å². The summed E-state index contributed by atoms with van der Waals surface area (Å²) in [6.45, 7) is 0. The van der Waals surface area contributed by atoms with E-state index in [-0.39, 0.29) is 5.82 Å². The monoisotopic (exact) mass is 332 g/mol. The van der Waals surface area contributed by atoms with E-state index in [0.717, 1.165) is 10.6 Å². The zero-order chi connectivity index (χ0) is 15.5. The minimum atomic E-state index is -0.457. The van der Waals surface area contributed by atoms with E-state index in [9.17, 15) is 4.79 Å². The maximum Gasteiger partial charge on any atom is 0.301 e. The van der Waals surface area contributed by atoms with Crippen molar-refractivity contribution in [2.75, 3.05) is 0 Å². The molecule has 7 heteroatoms. The average Bonchev–Trinajstić information content (AvgIpc) is 2.97. The Morgan fingerprint density at radius 3 is 2.86 bits per heavy atom. The van der Waals surface area contributed by atoms with E-state index in [2.05, 4.69) is 22.5 Å². The van der Waals surface area contributed by atoms with Gasteiger partial charge in [-0.05, 0) is 11.6 Å². The number of hydrazine groups is 1. The van der Waals surface area contributed by atoms with Crippen LogP contribution in [0.25, 0.3) is 5.52 Å². The zero-order valence-corrected chi connectivity index (χ0v) is 13.1. The molecule has 1 aromatic carbocycles. The van der Waals surface area contributed by atoms with Gasteiger partial charge in [-0.3, -0.25) is 14.6 Å². The number of nitrogens with zero attached hydrogens (tertiary/aromatic N) is 2. The number of aromatic nitrogens is 2. The normalized spacial score (nSPS) is 10.8. The molecule has 0 radical (unpaired) electrons. The largest absolute Gasteiger partial charge is 0.301 e. The van der Waals surface area contributed by atoms with Gasteiger partial charge in [0.25, 0.3) is 0 Å². The van der Waals surface area contributed by atoms with Gasteiger partial charge in [-0.15, -0.1) is 11.8 Å². The smallest absolute Gasteiger partial charge is 0.293 e. The van der Waals surface area contributed by atoms with Gasteiger partial charge in [0.05, 0.1) is 16.7 Å². The van der Waals surface area contributed by atoms with Gasteiger partial charge in [-0.2, -0.15) is 0 Å². The van der Waals surface area contributed by atoms with E-state index in [4.69, 9.17) is 17.4 Å². The van der Waals surface area contributed by atoms with Crippen LogP contribution in [0.5, 0.6) is 0 Å². The number of thioether (sulfide) groups is 1. The summed E-state index contributed by atoms with van der Waals surface area (Å²) in [6, 6.07) is 12.0. The number of nitrogen functional groups attached to an aromatic ring is 1. The predicted octanol–water partition coefficient (Wildman–Crippen LogP) is 2.88. The molecule has 2 aromatic heterocycles. The second kappa shape index (κ2) is 6.39. The molecule has 0 bridgehead atoms. The third kappa shape index (κ3) is 2.94. The fourth-order valence-corrected chi connectivity index (χ4v) is 3.31. The topological polar surface area (TPSA) is 72.4 Å². The number of carbonyl (C=O) groups excluding carboxylic acids is 1. The van der Waals surface area contributed by atoms with Crippen molar-refractivity contribution in [3.63, 3.8) is 0 Å². The molecule has 5 nitrogen and oxygen atoms in total. The lowest BCUT2D eigenvalue weighted by Gasteiger charge is -2.06. The van der Waals surface area contributed by atoms with Crippen molar-refractivity contribution < 1.29 is 4.79 Å². The molecule has 0 aliphatic carbocycles. The lowest BCUT2D eigenvalue weighted by atomic mass is 10.2. The van der Waals surface area contributed by atoms with Gasteiger partial charge in [-0.1, -0.05) is 41.9 Å². The van der Waals surface area contributed by atoms with Crippen molar-refractivity contribution in [1.29, 1.82) is 0 Å². The van der Waals surface area contributed by atoms with Crippen LogP contribution in [0.4, 0.5) is 0 Å². The first-order valence-corrected chi connectivity index (χ1v) is 7.89. The number of benzene rings is 1. The highest BCUT2D eigenvalue weighted by molar-refractivity contribution is 7.98. The summed E-state index contributed by atoms with van der Waals surface area (Å²) in [5.74, 6) is 5.74. The molecule has 0 saturated carbocycles. The first-order chi connectivity index (χ1) is 10.7. The third-order valence-corrected chi connectivity index (χ3v) is 4.49. The fourth-order valence-electron chi connectivity index (χ4n) is 2.08. The molecule has 3 aromatic rings. The molecular weight excluding hydrogens is 320 g/mol. The van der Waals surface area contributed by atoms with Gasteiger partial charge in [0, 0.05) is 16.8 Å². The predicted molar refractivity (Wildman–Crippen MR) is 87.9 cm³/mol. The highest BCUT2D eigenvalue weighted by Crippen LogP contribution is 2.28. The second-order valence-electron chi connectivity index (χ2n) is 4.61. The van der Waals surface area contributed by atoms with Gasteiger partial charge in [0.1, 0.15) is 0 Å². The number of imidazole rings is 1. The summed E-state index contributed by atoms with van der Waals surface area (Å²) >= 11 is 7.91. The van der Waals surface area contributed by atoms with Crippen molar-refractivity contribution in [2.24, 2.45) is 5.84 Å². The summed E-state index contributed by atoms with van der Waals surface area (Å²) in [4.78, 5) is 16.7. The van der Waals surface area contributed by atoms with Crippen LogP contribution in [0, 0.1) is 0 Å². The Balaban J connectivity index is 1.92. The average molecular weight is 333 g/mol. The Hall–Kier alpha value is -2.02. The SMILES string of the molecule is NNC(=O)c1ncc2c(Cl)cc(SCc3ccccc3)cn12. The maximum atomic E-state index is 11.7. The number of amides is 1. The lowest BCUT2D eigenvalue weighted by molar-refractivity contribution is 0.0942. The number of nitrogens with one attached hydrogen (secondary N) is 1. The van der Waals surface area contributed by atoms with Crippen molar-refractivity contribution in [1.82, 2.24) is 14.8 Å². The molecule has 0 fully saturated rings. The Bertz CT molecular complexity index is 819. The summed E-state index contributed by atoms with van der Waals surface area (Å²) in [6.07, 6.45) is 3.39. The van der Waals surface area contributed by atoms with Crippen molar-refractivity contribution in [3.05, 3.63) is 65.2 Å². The van der Waals surface area contributed by atoms with Crippen LogP contribution >= 0.6 is 23.4 Å². The van der Waals surface area contributed by atoms with Gasteiger partial charge in [0.15, 0.2) is 0 Å². The minimum absolute atomic E-state index is 0.210. The van der Waals surface area contributed by atoms with Crippen LogP contribution in [0.2, 0.25) is 5.02 Å². The van der Waals surface area contributed by atoms with Gasteiger partial charge < -0.3 is 0 Å². The Labute approximate surface area is 136 Å². The molecule has 112 valence electrons. The van der Waals surface area contributed by atoms with E-state index in [0.29, 0.717) is 10.5 Å². The second-order valence-corrected chi connectivity index (χ2v) is 6.06. The number of halogens is 1. The number of hydrogen-bond donors (Lipinski definition) is 2. The van der Waals surface area contributed by atoms with Crippen LogP contribution in [-0.2, 0) is 5.75 Å². The lowest BCUT2D eigenvalue weighted by Crippen LogP contribution is -2.31. The summed E-state index contributed by atoms with van der Waals surface area (Å²) < 4.78 is 1.65. The number of nitrogens with two attached hydrogens (primary N) is 1. The Kier molecular flexibility index (Phi) is 4.33. The first-order valence-electron chi connectivity index (χ1n) is 6.53. The van der Waals surface area contributed by atoms with Crippen molar-refractivity contribution >= 4 is 34.8 Å². The van der Waals surface area contributed by atoms with Crippen LogP contribution in [0.15, 0.2) is 53.7 Å². The van der Waals surface area contributed by atoms with Crippen LogP contribution in [-0.4, -0.2) is 15.3 Å². The van der Waals surface area contributed by atoms with Crippen molar-refractivity contribution in [2.45, 2.75) is 10.6 Å². The molecule has 3 rings (SSSR count).